The first-order valence-corrected chi connectivity index (χ1v) is 10.7. The van der Waals surface area contributed by atoms with Crippen LogP contribution in [0.25, 0.3) is 10.6 Å². The van der Waals surface area contributed by atoms with E-state index >= 15 is 0 Å². The van der Waals surface area contributed by atoms with E-state index in [4.69, 9.17) is 20.2 Å². The molecule has 0 saturated carbocycles. The van der Waals surface area contributed by atoms with Gasteiger partial charge in [0.15, 0.2) is 0 Å². The second kappa shape index (κ2) is 13.6. The first-order chi connectivity index (χ1) is 9.86. The summed E-state index contributed by atoms with van der Waals surface area (Å²) in [6, 6.07) is 0. The van der Waals surface area contributed by atoms with E-state index in [2.05, 4.69) is 20.4 Å². The molecule has 0 aliphatic carbocycles. The van der Waals surface area contributed by atoms with Gasteiger partial charge in [-0.05, 0) is 45.7 Å². The molecule has 0 radical (unpaired) electrons. The number of hydrogen-bond acceptors (Lipinski definition) is 2. The number of nitrogens with zero attached hydrogens (tertiary/aromatic N) is 4. The molecule has 2 aliphatic heterocycles. The van der Waals surface area contributed by atoms with Crippen LogP contribution < -0.4 is 0 Å². The quantitative estimate of drug-likeness (QED) is 0.620. The summed E-state index contributed by atoms with van der Waals surface area (Å²) in [5, 5.41) is 9.25. The average Bonchev–Trinajstić information content (AvgIpc) is 2.52. The van der Waals surface area contributed by atoms with Crippen LogP contribution in [0, 0.1) is 0 Å². The van der Waals surface area contributed by atoms with Crippen LogP contribution in [0.2, 0.25) is 0 Å². The molecule has 0 aromatic rings. The summed E-state index contributed by atoms with van der Waals surface area (Å²) < 4.78 is 0. The van der Waals surface area contributed by atoms with E-state index in [-0.39, 0.29) is 13.1 Å². The summed E-state index contributed by atoms with van der Waals surface area (Å²) in [4.78, 5) is 5.15. The first-order valence-electron chi connectivity index (χ1n) is 7.45. The second-order valence-corrected chi connectivity index (χ2v) is 7.09. The van der Waals surface area contributed by atoms with E-state index in [9.17, 15) is 0 Å². The molecule has 0 spiro atoms. The fraction of sp³-hybridized carbons (Fsp3) is 1.00. The summed E-state index contributed by atoms with van der Waals surface area (Å²) in [5.74, 6) is 0. The Balaban J connectivity index is 0.000000612. The van der Waals surface area contributed by atoms with Crippen LogP contribution in [-0.2, 0) is 13.1 Å². The topological polar surface area (TPSA) is 34.7 Å². The van der Waals surface area contributed by atoms with Gasteiger partial charge in [0.25, 0.3) is 0 Å². The molecule has 2 aliphatic rings. The van der Waals surface area contributed by atoms with Crippen LogP contribution >= 0.6 is 20.2 Å². The molecular formula is C13H26Cl2MnN4-2. The fourth-order valence-electron chi connectivity index (χ4n) is 2.65. The summed E-state index contributed by atoms with van der Waals surface area (Å²) >= 11 is 0.00694. The Kier molecular flexibility index (Phi) is 12.9. The Bertz CT molecular complexity index is 189. The van der Waals surface area contributed by atoms with Crippen molar-refractivity contribution >= 4 is 20.2 Å². The molecule has 2 atom stereocenters. The van der Waals surface area contributed by atoms with Gasteiger partial charge in [-0.1, -0.05) is 12.8 Å². The van der Waals surface area contributed by atoms with Gasteiger partial charge in [0.1, 0.15) is 0 Å². The molecule has 0 N–H and O–H groups in total. The third kappa shape index (κ3) is 9.80. The van der Waals surface area contributed by atoms with Crippen molar-refractivity contribution < 1.29 is 13.1 Å². The van der Waals surface area contributed by atoms with Crippen molar-refractivity contribution in [1.29, 1.82) is 0 Å². The van der Waals surface area contributed by atoms with E-state index in [1.54, 1.807) is 0 Å². The molecule has 4 nitrogen and oxygen atoms in total. The summed E-state index contributed by atoms with van der Waals surface area (Å²) in [5.41, 5.74) is 0. The van der Waals surface area contributed by atoms with Gasteiger partial charge in [-0.25, -0.2) is 0 Å². The van der Waals surface area contributed by atoms with Gasteiger partial charge in [-0.15, -0.1) is 26.2 Å². The summed E-state index contributed by atoms with van der Waals surface area (Å²) in [6.07, 6.45) is 3.75. The predicted octanol–water partition coefficient (Wildman–Crippen LogP) is 2.91. The zero-order valence-corrected chi connectivity index (χ0v) is 14.8. The van der Waals surface area contributed by atoms with E-state index in [0.29, 0.717) is 0 Å². The number of rotatable bonds is 0. The molecule has 20 heavy (non-hydrogen) atoms. The van der Waals surface area contributed by atoms with Crippen LogP contribution in [0.1, 0.15) is 19.3 Å². The molecule has 0 aromatic carbocycles. The molecule has 121 valence electrons. The van der Waals surface area contributed by atoms with Crippen LogP contribution in [0.3, 0.4) is 0 Å². The van der Waals surface area contributed by atoms with Gasteiger partial charge < -0.3 is 20.4 Å². The predicted molar refractivity (Wildman–Crippen MR) is 84.6 cm³/mol. The molecule has 0 aromatic heterocycles. The van der Waals surface area contributed by atoms with Crippen molar-refractivity contribution in [3.8, 4) is 0 Å². The molecule has 2 heterocycles. The van der Waals surface area contributed by atoms with Crippen molar-refractivity contribution in [2.75, 3.05) is 65.4 Å². The third-order valence-electron chi connectivity index (χ3n) is 3.68. The molecular weight excluding hydrogens is 338 g/mol. The van der Waals surface area contributed by atoms with Crippen molar-refractivity contribution in [3.05, 3.63) is 10.6 Å². The van der Waals surface area contributed by atoms with Gasteiger partial charge in [0.05, 0.1) is 0 Å². The zero-order chi connectivity index (χ0) is 14.5. The van der Waals surface area contributed by atoms with E-state index in [1.165, 1.54) is 45.4 Å². The van der Waals surface area contributed by atoms with Crippen molar-refractivity contribution in [2.24, 2.45) is 0 Å². The summed E-state index contributed by atoms with van der Waals surface area (Å²) in [6.45, 7) is 11.3. The monoisotopic (exact) mass is 363 g/mol. The van der Waals surface area contributed by atoms with Crippen molar-refractivity contribution in [1.82, 2.24) is 9.80 Å². The van der Waals surface area contributed by atoms with E-state index in [0.717, 1.165) is 39.3 Å². The second-order valence-electron chi connectivity index (χ2n) is 5.14. The number of hydrogen-bond donors (Lipinski definition) is 0. The molecule has 2 saturated heterocycles. The Labute approximate surface area is 138 Å². The molecule has 2 unspecified atom stereocenters. The Morgan fingerprint density at radius 1 is 0.600 bits per heavy atom. The maximum atomic E-state index is 4.80. The summed E-state index contributed by atoms with van der Waals surface area (Å²) in [7, 11) is 9.59. The van der Waals surface area contributed by atoms with Gasteiger partial charge >= 0.3 is 33.3 Å². The van der Waals surface area contributed by atoms with Crippen LogP contribution in [0.15, 0.2) is 0 Å². The first kappa shape index (κ1) is 19.0. The number of halogens is 2. The minimum absolute atomic E-state index is 0.00694. The standard InChI is InChI=1S/C13H26N4.2ClH.Mn/c1-4-14-6-13-17-9-2-5-15-7-12-16(8-1)10-3-11-17;;;/h1-13H2;2*1H;/q-2;;;+2/p-2. The van der Waals surface area contributed by atoms with Crippen LogP contribution in [0.5, 0.6) is 0 Å². The molecule has 0 amide bonds. The SMILES string of the molecule is C1C[N-]CCN2CCC[N-]CCN(C1)CCC2.[Cl][Mn][Cl]. The molecule has 7 heteroatoms. The minimum atomic E-state index is 0.00694. The van der Waals surface area contributed by atoms with Gasteiger partial charge in [0, 0.05) is 0 Å². The normalized spacial score (nSPS) is 29.7. The van der Waals surface area contributed by atoms with Gasteiger partial charge in [0.2, 0.25) is 0 Å². The molecule has 2 fully saturated rings. The fourth-order valence-corrected chi connectivity index (χ4v) is 2.65. The van der Waals surface area contributed by atoms with Crippen molar-refractivity contribution in [2.45, 2.75) is 19.3 Å². The number of fused-ring (bicyclic) bond motifs is 4. The van der Waals surface area contributed by atoms with Crippen molar-refractivity contribution in [3.63, 3.8) is 0 Å². The third-order valence-corrected chi connectivity index (χ3v) is 3.68. The van der Waals surface area contributed by atoms with E-state index in [1.807, 2.05) is 0 Å². The van der Waals surface area contributed by atoms with Gasteiger partial charge in [-0.3, -0.25) is 0 Å². The zero-order valence-electron chi connectivity index (χ0n) is 12.1. The van der Waals surface area contributed by atoms with Gasteiger partial charge in [-0.2, -0.15) is 0 Å². The Morgan fingerprint density at radius 2 is 1.00 bits per heavy atom. The van der Waals surface area contributed by atoms with Crippen LogP contribution in [-0.4, -0.2) is 75.2 Å². The van der Waals surface area contributed by atoms with Crippen LogP contribution in [0.4, 0.5) is 0 Å². The molecule has 2 bridgehead atoms. The molecule has 2 rings (SSSR count). The Hall–Kier alpha value is 0.939. The van der Waals surface area contributed by atoms with E-state index < -0.39 is 0 Å². The average molecular weight is 364 g/mol. The maximum absolute atomic E-state index is 4.80. The Morgan fingerprint density at radius 3 is 1.45 bits per heavy atom.